The van der Waals surface area contributed by atoms with Crippen LogP contribution in [0.5, 0.6) is 5.75 Å². The van der Waals surface area contributed by atoms with Crippen LogP contribution in [0.25, 0.3) is 32.6 Å². The molecule has 0 bridgehead atoms. The third-order valence-electron chi connectivity index (χ3n) is 9.73. The third-order valence-corrected chi connectivity index (χ3v) is 10.4. The van der Waals surface area contributed by atoms with Crippen LogP contribution in [-0.4, -0.2) is 46.4 Å². The fraction of sp³-hybridized carbons (Fsp3) is 0.302. The SMILES string of the molecule is CCCCC(CC)Cn1c2ccc(/C(=N/OC(C)O)c3ccccc3OCC(F)(F)C(F)F)cc2c2cc(C(=O)c3c(Cl)cccc3Cl)c3ccccc3c21. The Kier molecular flexibility index (Phi) is 12.4. The van der Waals surface area contributed by atoms with E-state index >= 15 is 0 Å². The number of aliphatic hydroxyl groups is 1. The van der Waals surface area contributed by atoms with Gasteiger partial charge < -0.3 is 19.2 Å². The number of ketones is 1. The Morgan fingerprint density at radius 2 is 1.56 bits per heavy atom. The summed E-state index contributed by atoms with van der Waals surface area (Å²) in [6.07, 6.45) is -1.15. The molecule has 288 valence electrons. The van der Waals surface area contributed by atoms with Crippen molar-refractivity contribution in [2.75, 3.05) is 6.61 Å². The van der Waals surface area contributed by atoms with E-state index in [2.05, 4.69) is 23.6 Å². The molecule has 0 saturated heterocycles. The molecule has 0 spiro atoms. The van der Waals surface area contributed by atoms with Crippen LogP contribution in [0, 0.1) is 5.92 Å². The second kappa shape index (κ2) is 17.0. The fourth-order valence-electron chi connectivity index (χ4n) is 6.92. The van der Waals surface area contributed by atoms with Gasteiger partial charge >= 0.3 is 12.3 Å². The molecule has 6 rings (SSSR count). The Labute approximate surface area is 326 Å². The summed E-state index contributed by atoms with van der Waals surface area (Å²) < 4.78 is 61.7. The van der Waals surface area contributed by atoms with Crippen molar-refractivity contribution in [1.82, 2.24) is 4.57 Å². The van der Waals surface area contributed by atoms with Gasteiger partial charge in [-0.3, -0.25) is 4.79 Å². The average molecular weight is 796 g/mol. The van der Waals surface area contributed by atoms with Gasteiger partial charge in [0.15, 0.2) is 12.4 Å². The van der Waals surface area contributed by atoms with Crippen molar-refractivity contribution in [3.63, 3.8) is 0 Å². The number of aliphatic hydroxyl groups excluding tert-OH is 1. The molecule has 2 atom stereocenters. The summed E-state index contributed by atoms with van der Waals surface area (Å²) in [4.78, 5) is 19.7. The van der Waals surface area contributed by atoms with Gasteiger partial charge in [0.1, 0.15) is 11.5 Å². The van der Waals surface area contributed by atoms with E-state index in [4.69, 9.17) is 32.8 Å². The van der Waals surface area contributed by atoms with E-state index in [1.807, 2.05) is 42.5 Å². The highest BCUT2D eigenvalue weighted by Gasteiger charge is 2.42. The van der Waals surface area contributed by atoms with Gasteiger partial charge in [0, 0.05) is 51.8 Å². The maximum atomic E-state index is 14.4. The average Bonchev–Trinajstić information content (AvgIpc) is 3.47. The molecule has 6 nitrogen and oxygen atoms in total. The molecule has 0 radical (unpaired) electrons. The summed E-state index contributed by atoms with van der Waals surface area (Å²) in [6, 6.07) is 26.0. The van der Waals surface area contributed by atoms with Gasteiger partial charge in [-0.2, -0.15) is 8.78 Å². The largest absolute Gasteiger partial charge is 0.486 e. The fourth-order valence-corrected chi connectivity index (χ4v) is 7.49. The van der Waals surface area contributed by atoms with E-state index in [-0.39, 0.29) is 38.4 Å². The quantitative estimate of drug-likeness (QED) is 0.0348. The lowest BCUT2D eigenvalue weighted by atomic mass is 9.93. The normalized spacial score (nSPS) is 13.5. The predicted molar refractivity (Wildman–Crippen MR) is 211 cm³/mol. The monoisotopic (exact) mass is 794 g/mol. The number of para-hydroxylation sites is 1. The summed E-state index contributed by atoms with van der Waals surface area (Å²) in [5.41, 5.74) is 3.06. The van der Waals surface area contributed by atoms with Crippen molar-refractivity contribution in [2.24, 2.45) is 11.1 Å². The van der Waals surface area contributed by atoms with E-state index < -0.39 is 25.2 Å². The number of carbonyl (C=O) groups excluding carboxylic acids is 1. The van der Waals surface area contributed by atoms with Crippen molar-refractivity contribution in [3.8, 4) is 5.75 Å². The smallest absolute Gasteiger partial charge is 0.340 e. The van der Waals surface area contributed by atoms with Gasteiger partial charge in [-0.15, -0.1) is 0 Å². The van der Waals surface area contributed by atoms with Crippen LogP contribution in [0.1, 0.15) is 73.5 Å². The minimum absolute atomic E-state index is 0.0917. The Morgan fingerprint density at radius 1 is 0.873 bits per heavy atom. The zero-order valence-electron chi connectivity index (χ0n) is 30.5. The molecule has 12 heteroatoms. The van der Waals surface area contributed by atoms with Crippen molar-refractivity contribution in [1.29, 1.82) is 0 Å². The van der Waals surface area contributed by atoms with Gasteiger partial charge in [0.2, 0.25) is 6.29 Å². The minimum atomic E-state index is -4.40. The summed E-state index contributed by atoms with van der Waals surface area (Å²) >= 11 is 13.1. The van der Waals surface area contributed by atoms with Crippen LogP contribution in [0.3, 0.4) is 0 Å². The summed E-state index contributed by atoms with van der Waals surface area (Å²) in [6.45, 7) is 4.82. The van der Waals surface area contributed by atoms with Crippen molar-refractivity contribution >= 4 is 67.3 Å². The lowest BCUT2D eigenvalue weighted by Gasteiger charge is -2.19. The first-order chi connectivity index (χ1) is 26.4. The number of alkyl halides is 4. The number of ether oxygens (including phenoxy) is 1. The van der Waals surface area contributed by atoms with Crippen LogP contribution >= 0.6 is 23.2 Å². The Hall–Kier alpha value is -4.64. The van der Waals surface area contributed by atoms with Crippen molar-refractivity contribution in [2.45, 2.75) is 71.6 Å². The Balaban J connectivity index is 1.63. The molecule has 6 aromatic rings. The number of oxime groups is 1. The molecule has 0 aliphatic heterocycles. The molecular formula is C43H40Cl2F4N2O4. The molecule has 1 N–H and O–H groups in total. The van der Waals surface area contributed by atoms with Gasteiger partial charge in [-0.1, -0.05) is 110 Å². The zero-order valence-corrected chi connectivity index (χ0v) is 32.0. The first kappa shape index (κ1) is 40.0. The van der Waals surface area contributed by atoms with Gasteiger partial charge in [0.25, 0.3) is 0 Å². The highest BCUT2D eigenvalue weighted by atomic mass is 35.5. The second-order valence-electron chi connectivity index (χ2n) is 13.5. The van der Waals surface area contributed by atoms with Crippen LogP contribution in [0.2, 0.25) is 10.0 Å². The summed E-state index contributed by atoms with van der Waals surface area (Å²) in [5, 5.41) is 17.8. The van der Waals surface area contributed by atoms with E-state index in [1.165, 1.54) is 25.1 Å². The molecule has 1 aromatic heterocycles. The van der Waals surface area contributed by atoms with E-state index in [0.29, 0.717) is 23.6 Å². The lowest BCUT2D eigenvalue weighted by Crippen LogP contribution is -2.34. The highest BCUT2D eigenvalue weighted by molar-refractivity contribution is 6.42. The number of benzene rings is 5. The predicted octanol–water partition coefficient (Wildman–Crippen LogP) is 12.1. The molecule has 0 aliphatic carbocycles. The topological polar surface area (TPSA) is 73.1 Å². The molecule has 5 aromatic carbocycles. The van der Waals surface area contributed by atoms with Crippen LogP contribution < -0.4 is 4.74 Å². The standard InChI is InChI=1S/C43H40Cl2F4N2O4/c1-4-6-12-26(5-2)23-51-36-20-19-27(39(50-55-25(3)52)30-15-9-10-18-37(30)54-24-43(48,49)42(46)47)21-31(36)32-22-33(28-13-7-8-14-29(28)40(32)51)41(53)38-34(44)16-11-17-35(38)45/h7-11,13-22,25-26,42,52H,4-6,12,23-24H2,1-3H3/b50-39-. The lowest BCUT2D eigenvalue weighted by molar-refractivity contribution is -0.148. The van der Waals surface area contributed by atoms with Crippen molar-refractivity contribution in [3.05, 3.63) is 123 Å². The zero-order chi connectivity index (χ0) is 39.4. The molecule has 1 heterocycles. The Bertz CT molecular complexity index is 2360. The number of halogens is 6. The van der Waals surface area contributed by atoms with E-state index in [1.54, 1.807) is 30.3 Å². The molecule has 0 fully saturated rings. The number of rotatable bonds is 16. The molecule has 0 amide bonds. The van der Waals surface area contributed by atoms with Gasteiger partial charge in [0.05, 0.1) is 21.1 Å². The number of nitrogens with zero attached hydrogens (tertiary/aromatic N) is 2. The number of carbonyl (C=O) groups is 1. The molecular weight excluding hydrogens is 755 g/mol. The van der Waals surface area contributed by atoms with Crippen LogP contribution in [0.15, 0.2) is 96.2 Å². The highest BCUT2D eigenvalue weighted by Crippen LogP contribution is 2.40. The van der Waals surface area contributed by atoms with Crippen LogP contribution in [-0.2, 0) is 11.4 Å². The maximum Gasteiger partial charge on any atom is 0.340 e. The number of hydrogen-bond donors (Lipinski definition) is 1. The van der Waals surface area contributed by atoms with E-state index in [9.17, 15) is 27.5 Å². The number of fused-ring (bicyclic) bond motifs is 5. The van der Waals surface area contributed by atoms with E-state index in [0.717, 1.165) is 58.3 Å². The Morgan fingerprint density at radius 3 is 2.24 bits per heavy atom. The first-order valence-corrected chi connectivity index (χ1v) is 18.9. The molecule has 55 heavy (non-hydrogen) atoms. The summed E-state index contributed by atoms with van der Waals surface area (Å²) in [7, 11) is 0. The first-order valence-electron chi connectivity index (χ1n) is 18.1. The number of unbranched alkanes of at least 4 members (excludes halogenated alkanes) is 1. The maximum absolute atomic E-state index is 14.4. The van der Waals surface area contributed by atoms with Crippen LogP contribution in [0.4, 0.5) is 17.6 Å². The van der Waals surface area contributed by atoms with Crippen molar-refractivity contribution < 1.29 is 37.0 Å². The molecule has 2 unspecified atom stereocenters. The minimum Gasteiger partial charge on any atom is -0.486 e. The molecule has 0 saturated carbocycles. The second-order valence-corrected chi connectivity index (χ2v) is 14.4. The molecule has 0 aliphatic rings. The van der Waals surface area contributed by atoms with Gasteiger partial charge in [-0.25, -0.2) is 8.78 Å². The van der Waals surface area contributed by atoms with Gasteiger partial charge in [-0.05, 0) is 60.2 Å². The third kappa shape index (κ3) is 8.32. The number of aromatic nitrogens is 1. The number of hydrogen-bond acceptors (Lipinski definition) is 5. The summed E-state index contributed by atoms with van der Waals surface area (Å²) in [5.74, 6) is -4.54.